The third-order valence-corrected chi connectivity index (χ3v) is 6.14. The maximum atomic E-state index is 12.4. The number of nitrogens with one attached hydrogen (secondary N) is 1. The minimum absolute atomic E-state index is 0.0468. The van der Waals surface area contributed by atoms with Gasteiger partial charge in [0.25, 0.3) is 0 Å². The molecule has 1 aliphatic heterocycles. The van der Waals surface area contributed by atoms with Crippen LogP contribution in [0.15, 0.2) is 72.1 Å². The molecule has 3 heterocycles. The Bertz CT molecular complexity index is 1150. The normalized spacial score (nSPS) is 14.1. The maximum absolute atomic E-state index is 12.4. The summed E-state index contributed by atoms with van der Waals surface area (Å²) >= 11 is 1.53. The summed E-state index contributed by atoms with van der Waals surface area (Å²) in [6, 6.07) is 22.4. The van der Waals surface area contributed by atoms with Gasteiger partial charge < -0.3 is 9.80 Å². The van der Waals surface area contributed by atoms with E-state index in [1.54, 1.807) is 0 Å². The fourth-order valence-corrected chi connectivity index (χ4v) is 4.37. The second-order valence-electron chi connectivity index (χ2n) is 7.19. The molecule has 4 aromatic rings. The Kier molecular flexibility index (Phi) is 5.03. The average molecular weight is 416 g/mol. The monoisotopic (exact) mass is 415 g/mol. The summed E-state index contributed by atoms with van der Waals surface area (Å²) in [7, 11) is 0. The Morgan fingerprint density at radius 2 is 1.70 bits per heavy atom. The predicted molar refractivity (Wildman–Crippen MR) is 122 cm³/mol. The van der Waals surface area contributed by atoms with Crippen LogP contribution in [0.4, 0.5) is 15.6 Å². The molecule has 0 radical (unpaired) electrons. The number of carbonyl (C=O) groups is 1. The van der Waals surface area contributed by atoms with Gasteiger partial charge in [0, 0.05) is 31.7 Å². The number of nitrogens with zero attached hydrogens (tertiary/aromatic N) is 4. The summed E-state index contributed by atoms with van der Waals surface area (Å²) in [5, 5.41) is 17.1. The first-order valence-corrected chi connectivity index (χ1v) is 10.8. The van der Waals surface area contributed by atoms with E-state index >= 15 is 0 Å². The third-order valence-electron chi connectivity index (χ3n) is 5.36. The standard InChI is InChI=1S/C23H21N5OS/c29-23(24-22-9-4-16-30-22)28-14-12-27(13-15-28)21-11-10-20(25-26-21)19-8-3-6-17-5-1-2-7-18(17)19/h1-11,16H,12-15H2,(H,24,29). The van der Waals surface area contributed by atoms with E-state index in [-0.39, 0.29) is 6.03 Å². The average Bonchev–Trinajstić information content (AvgIpc) is 3.32. The van der Waals surface area contributed by atoms with E-state index in [0.717, 1.165) is 35.2 Å². The first-order valence-electron chi connectivity index (χ1n) is 9.94. The number of hydrogen-bond acceptors (Lipinski definition) is 5. The lowest BCUT2D eigenvalue weighted by Crippen LogP contribution is -2.50. The van der Waals surface area contributed by atoms with Gasteiger partial charge >= 0.3 is 6.03 Å². The highest BCUT2D eigenvalue weighted by Gasteiger charge is 2.22. The predicted octanol–water partition coefficient (Wildman–Crippen LogP) is 4.71. The smallest absolute Gasteiger partial charge is 0.322 e. The Morgan fingerprint density at radius 1 is 0.867 bits per heavy atom. The molecule has 5 rings (SSSR count). The van der Waals surface area contributed by atoms with E-state index in [9.17, 15) is 4.79 Å². The Morgan fingerprint density at radius 3 is 2.47 bits per heavy atom. The van der Waals surface area contributed by atoms with Crippen LogP contribution in [0.3, 0.4) is 0 Å². The SMILES string of the molecule is O=C(Nc1cccs1)N1CCN(c2ccc(-c3cccc4ccccc34)nn2)CC1. The minimum atomic E-state index is -0.0468. The molecule has 7 heteroatoms. The molecule has 1 N–H and O–H groups in total. The zero-order valence-electron chi connectivity index (χ0n) is 16.4. The fourth-order valence-electron chi connectivity index (χ4n) is 3.76. The number of fused-ring (bicyclic) bond motifs is 1. The highest BCUT2D eigenvalue weighted by Crippen LogP contribution is 2.27. The summed E-state index contributed by atoms with van der Waals surface area (Å²) in [6.07, 6.45) is 0. The van der Waals surface area contributed by atoms with Crippen molar-refractivity contribution in [2.45, 2.75) is 0 Å². The summed E-state index contributed by atoms with van der Waals surface area (Å²) in [5.74, 6) is 0.845. The van der Waals surface area contributed by atoms with E-state index in [1.165, 1.54) is 22.1 Å². The van der Waals surface area contributed by atoms with Crippen LogP contribution in [0.5, 0.6) is 0 Å². The second kappa shape index (κ2) is 8.12. The summed E-state index contributed by atoms with van der Waals surface area (Å²) in [5.41, 5.74) is 1.95. The van der Waals surface area contributed by atoms with Crippen LogP contribution in [-0.4, -0.2) is 47.3 Å². The number of piperazine rings is 1. The van der Waals surface area contributed by atoms with Gasteiger partial charge in [0.15, 0.2) is 5.82 Å². The van der Waals surface area contributed by atoms with Crippen molar-refractivity contribution in [1.82, 2.24) is 15.1 Å². The number of hydrogen-bond donors (Lipinski definition) is 1. The van der Waals surface area contributed by atoms with Gasteiger partial charge in [0.2, 0.25) is 0 Å². The van der Waals surface area contributed by atoms with Crippen molar-refractivity contribution in [3.05, 3.63) is 72.1 Å². The zero-order chi connectivity index (χ0) is 20.3. The first kappa shape index (κ1) is 18.6. The highest BCUT2D eigenvalue weighted by molar-refractivity contribution is 7.14. The number of rotatable bonds is 3. The van der Waals surface area contributed by atoms with Crippen molar-refractivity contribution in [3.63, 3.8) is 0 Å². The van der Waals surface area contributed by atoms with Crippen molar-refractivity contribution in [2.75, 3.05) is 36.4 Å². The fraction of sp³-hybridized carbons (Fsp3) is 0.174. The van der Waals surface area contributed by atoms with Gasteiger partial charge in [-0.25, -0.2) is 4.79 Å². The number of amides is 2. The lowest BCUT2D eigenvalue weighted by Gasteiger charge is -2.35. The van der Waals surface area contributed by atoms with Crippen LogP contribution in [0.1, 0.15) is 0 Å². The summed E-state index contributed by atoms with van der Waals surface area (Å²) in [6.45, 7) is 2.79. The van der Waals surface area contributed by atoms with Crippen LogP contribution in [0.25, 0.3) is 22.0 Å². The van der Waals surface area contributed by atoms with Crippen molar-refractivity contribution in [2.24, 2.45) is 0 Å². The van der Waals surface area contributed by atoms with Crippen LogP contribution < -0.4 is 10.2 Å². The van der Waals surface area contributed by atoms with Gasteiger partial charge in [-0.2, -0.15) is 0 Å². The molecular weight excluding hydrogens is 394 g/mol. The van der Waals surface area contributed by atoms with E-state index in [4.69, 9.17) is 0 Å². The van der Waals surface area contributed by atoms with Crippen molar-refractivity contribution in [3.8, 4) is 11.3 Å². The molecule has 150 valence electrons. The van der Waals surface area contributed by atoms with Crippen molar-refractivity contribution in [1.29, 1.82) is 0 Å². The molecule has 1 fully saturated rings. The third kappa shape index (κ3) is 3.71. The molecule has 0 saturated carbocycles. The summed E-state index contributed by atoms with van der Waals surface area (Å²) < 4.78 is 0. The molecule has 0 bridgehead atoms. The maximum Gasteiger partial charge on any atom is 0.322 e. The van der Waals surface area contributed by atoms with E-state index in [2.05, 4.69) is 44.7 Å². The quantitative estimate of drug-likeness (QED) is 0.526. The molecule has 0 atom stereocenters. The van der Waals surface area contributed by atoms with E-state index < -0.39 is 0 Å². The van der Waals surface area contributed by atoms with Crippen LogP contribution in [0.2, 0.25) is 0 Å². The lowest BCUT2D eigenvalue weighted by molar-refractivity contribution is 0.208. The Hall–Kier alpha value is -3.45. The molecule has 0 spiro atoms. The van der Waals surface area contributed by atoms with Gasteiger partial charge in [-0.3, -0.25) is 5.32 Å². The zero-order valence-corrected chi connectivity index (χ0v) is 17.2. The second-order valence-corrected chi connectivity index (χ2v) is 8.13. The van der Waals surface area contributed by atoms with Crippen LogP contribution in [-0.2, 0) is 0 Å². The molecule has 0 unspecified atom stereocenters. The highest BCUT2D eigenvalue weighted by atomic mass is 32.1. The first-order chi connectivity index (χ1) is 14.8. The lowest BCUT2D eigenvalue weighted by atomic mass is 10.0. The van der Waals surface area contributed by atoms with Gasteiger partial charge in [0.1, 0.15) is 0 Å². The van der Waals surface area contributed by atoms with Gasteiger partial charge in [-0.1, -0.05) is 42.5 Å². The number of benzene rings is 2. The number of anilines is 2. The number of thiophene rings is 1. The summed E-state index contributed by atoms with van der Waals surface area (Å²) in [4.78, 5) is 16.4. The van der Waals surface area contributed by atoms with Gasteiger partial charge in [-0.05, 0) is 40.4 Å². The van der Waals surface area contributed by atoms with E-state index in [1.807, 2.05) is 52.7 Å². The Labute approximate surface area is 178 Å². The molecular formula is C23H21N5OS. The van der Waals surface area contributed by atoms with Gasteiger partial charge in [0.05, 0.1) is 10.7 Å². The van der Waals surface area contributed by atoms with E-state index in [0.29, 0.717) is 13.1 Å². The van der Waals surface area contributed by atoms with Gasteiger partial charge in [-0.15, -0.1) is 21.5 Å². The minimum Gasteiger partial charge on any atom is -0.352 e. The topological polar surface area (TPSA) is 61.4 Å². The number of urea groups is 1. The van der Waals surface area contributed by atoms with Crippen LogP contribution in [0, 0.1) is 0 Å². The molecule has 0 aliphatic carbocycles. The van der Waals surface area contributed by atoms with Crippen molar-refractivity contribution < 1.29 is 4.79 Å². The Balaban J connectivity index is 1.26. The molecule has 6 nitrogen and oxygen atoms in total. The van der Waals surface area contributed by atoms with Crippen molar-refractivity contribution >= 4 is 39.0 Å². The largest absolute Gasteiger partial charge is 0.352 e. The molecule has 1 saturated heterocycles. The number of carbonyl (C=O) groups excluding carboxylic acids is 1. The number of aromatic nitrogens is 2. The van der Waals surface area contributed by atoms with Crippen LogP contribution >= 0.6 is 11.3 Å². The molecule has 30 heavy (non-hydrogen) atoms. The molecule has 2 aromatic heterocycles. The molecule has 2 amide bonds. The molecule has 1 aliphatic rings. The molecule has 2 aromatic carbocycles.